The number of pyridine rings is 1. The largest absolute Gasteiger partial charge is 0.345 e. The number of hydrogen-bond acceptors (Lipinski definition) is 5. The third kappa shape index (κ3) is 8.22. The highest BCUT2D eigenvalue weighted by atomic mass is 35.5. The Morgan fingerprint density at radius 3 is 2.40 bits per heavy atom. The fourth-order valence-corrected chi connectivity index (χ4v) is 3.46. The third-order valence-electron chi connectivity index (χ3n) is 5.01. The van der Waals surface area contributed by atoms with Crippen LogP contribution in [0, 0.1) is 11.3 Å². The zero-order valence-corrected chi connectivity index (χ0v) is 19.1. The number of amides is 2. The molecule has 0 aromatic carbocycles. The number of carbonyl (C=O) groups is 3. The zero-order chi connectivity index (χ0) is 21.4. The van der Waals surface area contributed by atoms with Gasteiger partial charge in [-0.15, -0.1) is 12.4 Å². The Labute approximate surface area is 184 Å². The highest BCUT2D eigenvalue weighted by molar-refractivity contribution is 6.38. The molecule has 0 saturated heterocycles. The molecule has 8 heteroatoms. The first kappa shape index (κ1) is 25.8. The molecule has 0 spiro atoms. The Bertz CT molecular complexity index is 753. The molecule has 0 aliphatic heterocycles. The van der Waals surface area contributed by atoms with Crippen LogP contribution in [-0.2, 0) is 14.4 Å². The maximum atomic E-state index is 12.8. The number of Topliss-reactive ketones (excluding diaryl/α,β-unsaturated/α-hetero) is 1. The summed E-state index contributed by atoms with van der Waals surface area (Å²) >= 11 is 0. The van der Waals surface area contributed by atoms with Gasteiger partial charge in [0, 0.05) is 12.1 Å². The van der Waals surface area contributed by atoms with E-state index in [1.807, 2.05) is 26.8 Å². The van der Waals surface area contributed by atoms with Crippen molar-refractivity contribution in [2.24, 2.45) is 16.4 Å². The van der Waals surface area contributed by atoms with E-state index in [-0.39, 0.29) is 29.6 Å². The Balaban J connectivity index is 0.00000450. The smallest absolute Gasteiger partial charge is 0.309 e. The average molecular weight is 437 g/mol. The number of rotatable bonds is 7. The van der Waals surface area contributed by atoms with Crippen LogP contribution in [0.1, 0.15) is 71.9 Å². The van der Waals surface area contributed by atoms with E-state index in [1.54, 1.807) is 25.3 Å². The number of ketones is 1. The summed E-state index contributed by atoms with van der Waals surface area (Å²) in [6.45, 7) is 7.62. The first-order valence-corrected chi connectivity index (χ1v) is 10.3. The fraction of sp³-hybridized carbons (Fsp3) is 0.591. The van der Waals surface area contributed by atoms with Crippen LogP contribution >= 0.6 is 12.4 Å². The highest BCUT2D eigenvalue weighted by Crippen LogP contribution is 2.25. The molecule has 1 aromatic rings. The summed E-state index contributed by atoms with van der Waals surface area (Å²) in [4.78, 5) is 42.0. The molecule has 1 aliphatic rings. The summed E-state index contributed by atoms with van der Waals surface area (Å²) in [5.74, 6) is -1.72. The number of halogens is 1. The second kappa shape index (κ2) is 11.8. The average Bonchev–Trinajstić information content (AvgIpc) is 2.71. The van der Waals surface area contributed by atoms with Gasteiger partial charge in [-0.25, -0.2) is 5.43 Å². The lowest BCUT2D eigenvalue weighted by molar-refractivity contribution is -0.141. The van der Waals surface area contributed by atoms with Crippen molar-refractivity contribution in [3.63, 3.8) is 0 Å². The van der Waals surface area contributed by atoms with Gasteiger partial charge in [-0.05, 0) is 43.7 Å². The molecule has 2 N–H and O–H groups in total. The summed E-state index contributed by atoms with van der Waals surface area (Å²) in [6.07, 6.45) is 6.87. The SMILES string of the molecule is C/C(=N\NC(=O)C(=O)C(CC(C)(C)C)NC(=O)C1CCCCC1)c1ccccn1.Cl. The third-order valence-corrected chi connectivity index (χ3v) is 5.01. The molecule has 1 unspecified atom stereocenters. The second-order valence-electron chi connectivity index (χ2n) is 8.88. The van der Waals surface area contributed by atoms with Gasteiger partial charge in [-0.1, -0.05) is 46.1 Å². The topological polar surface area (TPSA) is 101 Å². The van der Waals surface area contributed by atoms with Crippen molar-refractivity contribution >= 4 is 35.7 Å². The van der Waals surface area contributed by atoms with Crippen molar-refractivity contribution in [3.8, 4) is 0 Å². The van der Waals surface area contributed by atoms with Gasteiger partial charge in [0.05, 0.1) is 17.4 Å². The first-order valence-electron chi connectivity index (χ1n) is 10.3. The van der Waals surface area contributed by atoms with Crippen molar-refractivity contribution < 1.29 is 14.4 Å². The lowest BCUT2D eigenvalue weighted by Crippen LogP contribution is -2.50. The minimum Gasteiger partial charge on any atom is -0.345 e. The van der Waals surface area contributed by atoms with Crippen LogP contribution in [0.15, 0.2) is 29.5 Å². The van der Waals surface area contributed by atoms with Crippen LogP contribution in [0.4, 0.5) is 0 Å². The molecule has 1 atom stereocenters. The van der Waals surface area contributed by atoms with Gasteiger partial charge in [0.25, 0.3) is 0 Å². The van der Waals surface area contributed by atoms with Crippen LogP contribution in [0.5, 0.6) is 0 Å². The van der Waals surface area contributed by atoms with Crippen LogP contribution < -0.4 is 10.7 Å². The molecule has 1 aliphatic carbocycles. The van der Waals surface area contributed by atoms with E-state index in [4.69, 9.17) is 0 Å². The normalized spacial score (nSPS) is 16.2. The first-order chi connectivity index (χ1) is 13.7. The molecule has 30 heavy (non-hydrogen) atoms. The van der Waals surface area contributed by atoms with Crippen LogP contribution in [0.25, 0.3) is 0 Å². The quantitative estimate of drug-likeness (QED) is 0.388. The van der Waals surface area contributed by atoms with Crippen molar-refractivity contribution in [2.75, 3.05) is 0 Å². The summed E-state index contributed by atoms with van der Waals surface area (Å²) < 4.78 is 0. The van der Waals surface area contributed by atoms with Gasteiger partial charge in [0.2, 0.25) is 11.7 Å². The summed E-state index contributed by atoms with van der Waals surface area (Å²) in [5, 5.41) is 6.82. The van der Waals surface area contributed by atoms with Crippen LogP contribution in [0.3, 0.4) is 0 Å². The molecule has 166 valence electrons. The molecule has 1 heterocycles. The molecule has 2 rings (SSSR count). The summed E-state index contributed by atoms with van der Waals surface area (Å²) in [6, 6.07) is 4.49. The van der Waals surface area contributed by atoms with Crippen molar-refractivity contribution in [2.45, 2.75) is 72.3 Å². The summed E-state index contributed by atoms with van der Waals surface area (Å²) in [7, 11) is 0. The van der Waals surface area contributed by atoms with E-state index in [0.717, 1.165) is 32.1 Å². The Morgan fingerprint density at radius 1 is 1.17 bits per heavy atom. The second-order valence-corrected chi connectivity index (χ2v) is 8.88. The number of hydrazone groups is 1. The van der Waals surface area contributed by atoms with Crippen LogP contribution in [-0.4, -0.2) is 34.3 Å². The van der Waals surface area contributed by atoms with E-state index in [0.29, 0.717) is 17.8 Å². The molecule has 1 fully saturated rings. The van der Waals surface area contributed by atoms with Gasteiger partial charge >= 0.3 is 5.91 Å². The predicted molar refractivity (Wildman–Crippen MR) is 119 cm³/mol. The van der Waals surface area contributed by atoms with E-state index in [9.17, 15) is 14.4 Å². The molecule has 1 saturated carbocycles. The van der Waals surface area contributed by atoms with E-state index < -0.39 is 17.7 Å². The van der Waals surface area contributed by atoms with Gasteiger partial charge in [-0.3, -0.25) is 19.4 Å². The standard InChI is InChI=1S/C22H32N4O3.ClH/c1-15(17-12-8-9-13-23-17)25-26-21(29)19(27)18(14-22(2,3)4)24-20(28)16-10-6-5-7-11-16;/h8-9,12-13,16,18H,5-7,10-11,14H2,1-4H3,(H,24,28)(H,26,29);1H/b25-15+;. The van der Waals surface area contributed by atoms with E-state index in [1.165, 1.54) is 0 Å². The molecule has 0 bridgehead atoms. The molecule has 0 radical (unpaired) electrons. The minimum absolute atomic E-state index is 0. The Morgan fingerprint density at radius 2 is 1.83 bits per heavy atom. The molecule has 1 aromatic heterocycles. The van der Waals surface area contributed by atoms with Crippen molar-refractivity contribution in [1.29, 1.82) is 0 Å². The summed E-state index contributed by atoms with van der Waals surface area (Å²) in [5.41, 5.74) is 3.18. The number of aromatic nitrogens is 1. The number of carbonyl (C=O) groups excluding carboxylic acids is 3. The van der Waals surface area contributed by atoms with E-state index in [2.05, 4.69) is 20.8 Å². The molecule has 7 nitrogen and oxygen atoms in total. The predicted octanol–water partition coefficient (Wildman–Crippen LogP) is 3.41. The minimum atomic E-state index is -0.866. The van der Waals surface area contributed by atoms with E-state index >= 15 is 0 Å². The van der Waals surface area contributed by atoms with Gasteiger partial charge < -0.3 is 5.32 Å². The van der Waals surface area contributed by atoms with Gasteiger partial charge in [0.1, 0.15) is 0 Å². The van der Waals surface area contributed by atoms with Crippen LogP contribution in [0.2, 0.25) is 0 Å². The Kier molecular flexibility index (Phi) is 10.1. The number of nitrogens with zero attached hydrogens (tertiary/aromatic N) is 2. The fourth-order valence-electron chi connectivity index (χ4n) is 3.46. The lowest BCUT2D eigenvalue weighted by Gasteiger charge is -2.28. The number of hydrogen-bond donors (Lipinski definition) is 2. The molecular weight excluding hydrogens is 404 g/mol. The van der Waals surface area contributed by atoms with Gasteiger partial charge in [-0.2, -0.15) is 5.10 Å². The van der Waals surface area contributed by atoms with Gasteiger partial charge in [0.15, 0.2) is 0 Å². The molecular formula is C22H33ClN4O3. The van der Waals surface area contributed by atoms with Crippen molar-refractivity contribution in [1.82, 2.24) is 15.7 Å². The monoisotopic (exact) mass is 436 g/mol. The Hall–Kier alpha value is -2.28. The lowest BCUT2D eigenvalue weighted by atomic mass is 9.85. The zero-order valence-electron chi connectivity index (χ0n) is 18.2. The number of nitrogens with one attached hydrogen (secondary N) is 2. The maximum absolute atomic E-state index is 12.8. The maximum Gasteiger partial charge on any atom is 0.309 e. The van der Waals surface area contributed by atoms with Crippen molar-refractivity contribution in [3.05, 3.63) is 30.1 Å². The molecule has 2 amide bonds. The highest BCUT2D eigenvalue weighted by Gasteiger charge is 2.33.